The minimum absolute atomic E-state index is 0.225. The van der Waals surface area contributed by atoms with Gasteiger partial charge in [-0.05, 0) is 39.8 Å². The molecule has 2 rings (SSSR count). The molecule has 1 saturated heterocycles. The smallest absolute Gasteiger partial charge is 0.465 e. The monoisotopic (exact) mass is 311 g/mol. The zero-order valence-electron chi connectivity index (χ0n) is 12.8. The predicted molar refractivity (Wildman–Crippen MR) is 82.9 cm³/mol. The Morgan fingerprint density at radius 3 is 2.24 bits per heavy atom. The average molecular weight is 312 g/mol. The number of carbonyl (C=O) groups is 1. The van der Waals surface area contributed by atoms with Crippen molar-refractivity contribution in [3.63, 3.8) is 0 Å². The minimum atomic E-state index is -0.628. The highest BCUT2D eigenvalue weighted by atomic mass is 35.5. The largest absolute Gasteiger partial charge is 0.496 e. The van der Waals surface area contributed by atoms with E-state index in [1.54, 1.807) is 6.07 Å². The summed E-state index contributed by atoms with van der Waals surface area (Å²) in [6, 6.07) is 3.07. The second-order valence-electron chi connectivity index (χ2n) is 6.04. The second-order valence-corrected chi connectivity index (χ2v) is 6.45. The van der Waals surface area contributed by atoms with Gasteiger partial charge in [-0.25, -0.2) is 4.79 Å². The molecule has 0 aromatic heterocycles. The van der Waals surface area contributed by atoms with E-state index in [9.17, 15) is 4.79 Å². The molecule has 1 aliphatic heterocycles. The molecule has 1 aromatic rings. The van der Waals surface area contributed by atoms with E-state index in [2.05, 4.69) is 4.74 Å². The van der Waals surface area contributed by atoms with Crippen molar-refractivity contribution < 1.29 is 18.8 Å². The molecule has 114 valence electrons. The number of hydrogen-bond donors (Lipinski definition) is 1. The van der Waals surface area contributed by atoms with Gasteiger partial charge >= 0.3 is 13.1 Å². The molecule has 0 atom stereocenters. The van der Waals surface area contributed by atoms with Crippen LogP contribution in [0, 0.1) is 0 Å². The van der Waals surface area contributed by atoms with E-state index in [1.807, 2.05) is 27.7 Å². The minimum Gasteiger partial charge on any atom is -0.465 e. The Morgan fingerprint density at radius 1 is 1.24 bits per heavy atom. The fraction of sp³-hybridized carbons (Fsp3) is 0.500. The summed E-state index contributed by atoms with van der Waals surface area (Å²) in [5.41, 5.74) is 6.04. The van der Waals surface area contributed by atoms with Gasteiger partial charge in [-0.2, -0.15) is 0 Å². The normalized spacial score (nSPS) is 19.6. The third kappa shape index (κ3) is 2.75. The summed E-state index contributed by atoms with van der Waals surface area (Å²) < 4.78 is 16.5. The van der Waals surface area contributed by atoms with Gasteiger partial charge < -0.3 is 19.8 Å². The summed E-state index contributed by atoms with van der Waals surface area (Å²) in [5, 5.41) is 0.350. The molecule has 5 nitrogen and oxygen atoms in total. The Bertz CT molecular complexity index is 573. The van der Waals surface area contributed by atoms with Crippen LogP contribution >= 0.6 is 11.6 Å². The van der Waals surface area contributed by atoms with Gasteiger partial charge in [-0.1, -0.05) is 11.6 Å². The molecule has 0 amide bonds. The number of nitrogen functional groups attached to an aromatic ring is 1. The van der Waals surface area contributed by atoms with E-state index in [0.29, 0.717) is 10.5 Å². The molecule has 1 aromatic carbocycles. The lowest BCUT2D eigenvalue weighted by Crippen LogP contribution is -2.41. The molecule has 0 aliphatic carbocycles. The molecule has 21 heavy (non-hydrogen) atoms. The van der Waals surface area contributed by atoms with Crippen LogP contribution in [0.5, 0.6) is 0 Å². The quantitative estimate of drug-likeness (QED) is 0.514. The van der Waals surface area contributed by atoms with Crippen LogP contribution in [-0.4, -0.2) is 31.4 Å². The third-order valence-corrected chi connectivity index (χ3v) is 4.41. The predicted octanol–water partition coefficient (Wildman–Crippen LogP) is 2.01. The van der Waals surface area contributed by atoms with E-state index >= 15 is 0 Å². The number of methoxy groups -OCH3 is 1. The number of carbonyl (C=O) groups excluding carboxylic acids is 1. The summed E-state index contributed by atoms with van der Waals surface area (Å²) in [7, 11) is 0.661. The van der Waals surface area contributed by atoms with Crippen LogP contribution in [0.2, 0.25) is 5.02 Å². The first-order chi connectivity index (χ1) is 9.59. The van der Waals surface area contributed by atoms with Gasteiger partial charge in [0.25, 0.3) is 0 Å². The topological polar surface area (TPSA) is 70.8 Å². The van der Waals surface area contributed by atoms with Crippen LogP contribution in [0.25, 0.3) is 0 Å². The number of ether oxygens (including phenoxy) is 1. The van der Waals surface area contributed by atoms with E-state index in [1.165, 1.54) is 13.2 Å². The van der Waals surface area contributed by atoms with Crippen molar-refractivity contribution in [3.05, 3.63) is 22.7 Å². The Kier molecular flexibility index (Phi) is 3.99. The van der Waals surface area contributed by atoms with Gasteiger partial charge in [-0.15, -0.1) is 0 Å². The van der Waals surface area contributed by atoms with Crippen LogP contribution < -0.4 is 11.2 Å². The SMILES string of the molecule is COC(=O)c1cc(Cl)c(B2OC(C)(C)C(C)(C)O2)cc1N. The average Bonchev–Trinajstić information content (AvgIpc) is 2.59. The van der Waals surface area contributed by atoms with Gasteiger partial charge in [0.05, 0.1) is 23.9 Å². The van der Waals surface area contributed by atoms with Crippen LogP contribution in [0.3, 0.4) is 0 Å². The molecule has 2 N–H and O–H groups in total. The molecule has 7 heteroatoms. The van der Waals surface area contributed by atoms with Crippen molar-refractivity contribution in [1.29, 1.82) is 0 Å². The van der Waals surface area contributed by atoms with Crippen molar-refractivity contribution in [3.8, 4) is 0 Å². The summed E-state index contributed by atoms with van der Waals surface area (Å²) in [5.74, 6) is -0.533. The molecule has 1 aliphatic rings. The van der Waals surface area contributed by atoms with E-state index in [-0.39, 0.29) is 11.3 Å². The number of nitrogens with two attached hydrogens (primary N) is 1. The second kappa shape index (κ2) is 5.19. The van der Waals surface area contributed by atoms with E-state index in [4.69, 9.17) is 26.6 Å². The number of hydrogen-bond acceptors (Lipinski definition) is 5. The Morgan fingerprint density at radius 2 is 1.76 bits per heavy atom. The zero-order chi connectivity index (χ0) is 16.0. The zero-order valence-corrected chi connectivity index (χ0v) is 13.6. The molecule has 0 unspecified atom stereocenters. The highest BCUT2D eigenvalue weighted by Crippen LogP contribution is 2.37. The van der Waals surface area contributed by atoms with Gasteiger partial charge in [-0.3, -0.25) is 0 Å². The molecular weight excluding hydrogens is 292 g/mol. The van der Waals surface area contributed by atoms with E-state index in [0.717, 1.165) is 0 Å². The maximum atomic E-state index is 11.6. The summed E-state index contributed by atoms with van der Waals surface area (Å²) in [6.07, 6.45) is 0. The van der Waals surface area contributed by atoms with Gasteiger partial charge in [0.2, 0.25) is 0 Å². The molecule has 1 heterocycles. The first kappa shape index (κ1) is 16.1. The van der Waals surface area contributed by atoms with Gasteiger partial charge in [0.15, 0.2) is 0 Å². The molecule has 1 fully saturated rings. The third-order valence-electron chi connectivity index (χ3n) is 4.08. The molecule has 0 bridgehead atoms. The summed E-state index contributed by atoms with van der Waals surface area (Å²) >= 11 is 6.25. The maximum Gasteiger partial charge on any atom is 0.496 e. The standard InChI is InChI=1S/C14H19BClNO4/c1-13(2)14(3,4)21-15(20-13)9-7-11(17)8(6-10(9)16)12(18)19-5/h6-7H,17H2,1-5H3. The van der Waals surface area contributed by atoms with Crippen LogP contribution in [-0.2, 0) is 14.0 Å². The van der Waals surface area contributed by atoms with Crippen molar-refractivity contribution in [1.82, 2.24) is 0 Å². The van der Waals surface area contributed by atoms with Crippen LogP contribution in [0.1, 0.15) is 38.1 Å². The van der Waals surface area contributed by atoms with Crippen LogP contribution in [0.15, 0.2) is 12.1 Å². The van der Waals surface area contributed by atoms with Gasteiger partial charge in [0.1, 0.15) is 0 Å². The summed E-state index contributed by atoms with van der Waals surface area (Å²) in [6.45, 7) is 7.81. The highest BCUT2D eigenvalue weighted by molar-refractivity contribution is 6.65. The Hall–Kier alpha value is -1.24. The lowest BCUT2D eigenvalue weighted by atomic mass is 9.78. The van der Waals surface area contributed by atoms with Gasteiger partial charge in [0, 0.05) is 16.2 Å². The highest BCUT2D eigenvalue weighted by Gasteiger charge is 2.52. The number of halogens is 1. The van der Waals surface area contributed by atoms with Crippen LogP contribution in [0.4, 0.5) is 5.69 Å². The molecule has 0 radical (unpaired) electrons. The number of anilines is 1. The Balaban J connectivity index is 2.39. The molecule has 0 spiro atoms. The fourth-order valence-electron chi connectivity index (χ4n) is 2.05. The Labute approximate surface area is 129 Å². The van der Waals surface area contributed by atoms with Crippen molar-refractivity contribution in [2.45, 2.75) is 38.9 Å². The lowest BCUT2D eigenvalue weighted by molar-refractivity contribution is 0.00578. The maximum absolute atomic E-state index is 11.6. The summed E-state index contributed by atoms with van der Waals surface area (Å²) in [4.78, 5) is 11.6. The molecular formula is C14H19BClNO4. The number of rotatable bonds is 2. The van der Waals surface area contributed by atoms with Crippen molar-refractivity contribution in [2.24, 2.45) is 0 Å². The van der Waals surface area contributed by atoms with Crippen molar-refractivity contribution >= 4 is 35.8 Å². The van der Waals surface area contributed by atoms with E-state index < -0.39 is 24.3 Å². The van der Waals surface area contributed by atoms with Crippen molar-refractivity contribution in [2.75, 3.05) is 12.8 Å². The number of benzene rings is 1. The first-order valence-corrected chi connectivity index (χ1v) is 7.00. The first-order valence-electron chi connectivity index (χ1n) is 6.62. The number of esters is 1. The molecule has 0 saturated carbocycles. The lowest BCUT2D eigenvalue weighted by Gasteiger charge is -2.32. The fourth-order valence-corrected chi connectivity index (χ4v) is 2.30.